The van der Waals surface area contributed by atoms with E-state index >= 15 is 0 Å². The fraction of sp³-hybridized carbons (Fsp3) is 0.400. The molecule has 0 saturated carbocycles. The van der Waals surface area contributed by atoms with Gasteiger partial charge in [0, 0.05) is 38.1 Å². The predicted molar refractivity (Wildman–Crippen MR) is 108 cm³/mol. The van der Waals surface area contributed by atoms with Crippen molar-refractivity contribution >= 4 is 15.9 Å². The fourth-order valence-corrected chi connectivity index (χ4v) is 4.58. The van der Waals surface area contributed by atoms with E-state index < -0.39 is 10.0 Å². The number of carbonyl (C=O) groups is 1. The van der Waals surface area contributed by atoms with E-state index in [0.717, 1.165) is 12.8 Å². The standard InChI is InChI=1S/C20H25N3O5S/c1-27-17-5-6-19(18(12-17)28-2)29(25,26)22-13-15-7-10-23(11-8-15)20(24)16-4-3-9-21-14-16/h3-6,9,12,14-15,22H,7-8,10-11,13H2,1-2H3. The molecular weight excluding hydrogens is 394 g/mol. The van der Waals surface area contributed by atoms with Crippen molar-refractivity contribution in [1.82, 2.24) is 14.6 Å². The van der Waals surface area contributed by atoms with Crippen molar-refractivity contribution in [2.75, 3.05) is 33.9 Å². The Kier molecular flexibility index (Phi) is 6.71. The first-order valence-corrected chi connectivity index (χ1v) is 10.8. The summed E-state index contributed by atoms with van der Waals surface area (Å²) >= 11 is 0. The summed E-state index contributed by atoms with van der Waals surface area (Å²) in [7, 11) is -0.794. The lowest BCUT2D eigenvalue weighted by Crippen LogP contribution is -2.41. The Morgan fingerprint density at radius 3 is 2.59 bits per heavy atom. The Balaban J connectivity index is 1.57. The van der Waals surface area contributed by atoms with Gasteiger partial charge in [-0.05, 0) is 43.0 Å². The van der Waals surface area contributed by atoms with Crippen molar-refractivity contribution in [2.24, 2.45) is 5.92 Å². The normalized spacial score (nSPS) is 15.2. The van der Waals surface area contributed by atoms with Gasteiger partial charge in [0.25, 0.3) is 5.91 Å². The number of hydrogen-bond acceptors (Lipinski definition) is 6. The molecular formula is C20H25N3O5S. The molecule has 1 N–H and O–H groups in total. The van der Waals surface area contributed by atoms with Gasteiger partial charge in [-0.1, -0.05) is 0 Å². The quantitative estimate of drug-likeness (QED) is 0.736. The number of likely N-dealkylation sites (tertiary alicyclic amines) is 1. The first-order chi connectivity index (χ1) is 13.9. The number of pyridine rings is 1. The number of benzene rings is 1. The van der Waals surface area contributed by atoms with Gasteiger partial charge in [-0.2, -0.15) is 0 Å². The number of nitrogens with one attached hydrogen (secondary N) is 1. The monoisotopic (exact) mass is 419 g/mol. The predicted octanol–water partition coefficient (Wildman–Crippen LogP) is 1.93. The lowest BCUT2D eigenvalue weighted by atomic mass is 9.97. The molecule has 1 aromatic carbocycles. The highest BCUT2D eigenvalue weighted by Gasteiger charge is 2.26. The average molecular weight is 420 g/mol. The highest BCUT2D eigenvalue weighted by Crippen LogP contribution is 2.28. The van der Waals surface area contributed by atoms with Gasteiger partial charge in [-0.25, -0.2) is 13.1 Å². The van der Waals surface area contributed by atoms with Gasteiger partial charge in [-0.15, -0.1) is 0 Å². The van der Waals surface area contributed by atoms with Crippen molar-refractivity contribution in [3.05, 3.63) is 48.3 Å². The van der Waals surface area contributed by atoms with E-state index in [1.165, 1.54) is 26.4 Å². The Hall–Kier alpha value is -2.65. The van der Waals surface area contributed by atoms with Crippen LogP contribution in [0, 0.1) is 5.92 Å². The smallest absolute Gasteiger partial charge is 0.255 e. The minimum Gasteiger partial charge on any atom is -0.497 e. The van der Waals surface area contributed by atoms with Crippen molar-refractivity contribution in [3.8, 4) is 11.5 Å². The number of methoxy groups -OCH3 is 2. The number of nitrogens with zero attached hydrogens (tertiary/aromatic N) is 2. The molecule has 1 amide bonds. The molecule has 0 bridgehead atoms. The van der Waals surface area contributed by atoms with E-state index in [9.17, 15) is 13.2 Å². The van der Waals surface area contributed by atoms with Crippen LogP contribution in [0.15, 0.2) is 47.6 Å². The number of rotatable bonds is 7. The zero-order valence-electron chi connectivity index (χ0n) is 16.5. The minimum atomic E-state index is -3.72. The molecule has 0 radical (unpaired) electrons. The van der Waals surface area contributed by atoms with E-state index in [2.05, 4.69) is 9.71 Å². The van der Waals surface area contributed by atoms with Crippen LogP contribution in [0.3, 0.4) is 0 Å². The summed E-state index contributed by atoms with van der Waals surface area (Å²) in [5, 5.41) is 0. The third-order valence-corrected chi connectivity index (χ3v) is 6.50. The van der Waals surface area contributed by atoms with Gasteiger partial charge < -0.3 is 14.4 Å². The zero-order valence-corrected chi connectivity index (χ0v) is 17.3. The van der Waals surface area contributed by atoms with Gasteiger partial charge in [0.1, 0.15) is 16.4 Å². The third kappa shape index (κ3) is 5.04. The van der Waals surface area contributed by atoms with Crippen LogP contribution >= 0.6 is 0 Å². The maximum atomic E-state index is 12.7. The van der Waals surface area contributed by atoms with Gasteiger partial charge in [-0.3, -0.25) is 9.78 Å². The molecule has 0 atom stereocenters. The molecule has 2 heterocycles. The van der Waals surface area contributed by atoms with E-state index in [-0.39, 0.29) is 22.5 Å². The van der Waals surface area contributed by atoms with Crippen molar-refractivity contribution < 1.29 is 22.7 Å². The highest BCUT2D eigenvalue weighted by atomic mass is 32.2. The second-order valence-electron chi connectivity index (χ2n) is 6.85. The van der Waals surface area contributed by atoms with Crippen molar-refractivity contribution in [2.45, 2.75) is 17.7 Å². The molecule has 2 aromatic rings. The number of carbonyl (C=O) groups excluding carboxylic acids is 1. The van der Waals surface area contributed by atoms with Gasteiger partial charge in [0.05, 0.1) is 19.8 Å². The minimum absolute atomic E-state index is 0.0416. The molecule has 0 spiro atoms. The van der Waals surface area contributed by atoms with Gasteiger partial charge >= 0.3 is 0 Å². The van der Waals surface area contributed by atoms with Crippen LogP contribution in [0.1, 0.15) is 23.2 Å². The molecule has 0 aliphatic carbocycles. The van der Waals surface area contributed by atoms with Crippen LogP contribution in [-0.2, 0) is 10.0 Å². The maximum absolute atomic E-state index is 12.7. The first kappa shape index (κ1) is 21.1. The summed E-state index contributed by atoms with van der Waals surface area (Å²) in [6, 6.07) is 8.08. The largest absolute Gasteiger partial charge is 0.497 e. The molecule has 1 aliphatic heterocycles. The highest BCUT2D eigenvalue weighted by molar-refractivity contribution is 7.89. The second-order valence-corrected chi connectivity index (χ2v) is 8.58. The molecule has 1 aromatic heterocycles. The van der Waals surface area contributed by atoms with Crippen LogP contribution in [0.25, 0.3) is 0 Å². The Morgan fingerprint density at radius 1 is 1.21 bits per heavy atom. The Bertz CT molecular complexity index is 942. The Labute approximate surface area is 170 Å². The number of hydrogen-bond donors (Lipinski definition) is 1. The first-order valence-electron chi connectivity index (χ1n) is 9.35. The fourth-order valence-electron chi connectivity index (χ4n) is 3.31. The summed E-state index contributed by atoms with van der Waals surface area (Å²) in [5.74, 6) is 0.868. The second kappa shape index (κ2) is 9.23. The molecule has 1 aliphatic rings. The van der Waals surface area contributed by atoms with Gasteiger partial charge in [0.15, 0.2) is 0 Å². The molecule has 8 nitrogen and oxygen atoms in total. The number of amides is 1. The van der Waals surface area contributed by atoms with Crippen LogP contribution in [0.4, 0.5) is 0 Å². The molecule has 3 rings (SSSR count). The molecule has 1 saturated heterocycles. The molecule has 1 fully saturated rings. The van der Waals surface area contributed by atoms with Gasteiger partial charge in [0.2, 0.25) is 10.0 Å². The van der Waals surface area contributed by atoms with Crippen LogP contribution in [0.5, 0.6) is 11.5 Å². The Morgan fingerprint density at radius 2 is 1.97 bits per heavy atom. The maximum Gasteiger partial charge on any atom is 0.255 e. The SMILES string of the molecule is COc1ccc(S(=O)(=O)NCC2CCN(C(=O)c3cccnc3)CC2)c(OC)c1. The van der Waals surface area contributed by atoms with E-state index in [0.29, 0.717) is 30.9 Å². The number of piperidine rings is 1. The lowest BCUT2D eigenvalue weighted by molar-refractivity contribution is 0.0691. The summed E-state index contributed by atoms with van der Waals surface area (Å²) in [5.41, 5.74) is 0.568. The van der Waals surface area contributed by atoms with Crippen LogP contribution in [-0.4, -0.2) is 58.1 Å². The lowest BCUT2D eigenvalue weighted by Gasteiger charge is -2.32. The summed E-state index contributed by atoms with van der Waals surface area (Å²) in [6.07, 6.45) is 4.65. The number of aromatic nitrogens is 1. The summed E-state index contributed by atoms with van der Waals surface area (Å²) in [6.45, 7) is 1.49. The van der Waals surface area contributed by atoms with Crippen molar-refractivity contribution in [3.63, 3.8) is 0 Å². The summed E-state index contributed by atoms with van der Waals surface area (Å²) in [4.78, 5) is 18.3. The van der Waals surface area contributed by atoms with E-state index in [1.807, 2.05) is 0 Å². The van der Waals surface area contributed by atoms with E-state index in [1.54, 1.807) is 35.5 Å². The topological polar surface area (TPSA) is 97.8 Å². The summed E-state index contributed by atoms with van der Waals surface area (Å²) < 4.78 is 38.4. The zero-order chi connectivity index (χ0) is 20.9. The molecule has 156 valence electrons. The number of ether oxygens (including phenoxy) is 2. The molecule has 0 unspecified atom stereocenters. The van der Waals surface area contributed by atoms with Crippen molar-refractivity contribution in [1.29, 1.82) is 0 Å². The molecule has 29 heavy (non-hydrogen) atoms. The average Bonchev–Trinajstić information content (AvgIpc) is 2.77. The number of sulfonamides is 1. The third-order valence-electron chi connectivity index (χ3n) is 5.03. The molecule has 9 heteroatoms. The van der Waals surface area contributed by atoms with Crippen LogP contribution < -0.4 is 14.2 Å². The van der Waals surface area contributed by atoms with E-state index in [4.69, 9.17) is 9.47 Å². The van der Waals surface area contributed by atoms with Crippen LogP contribution in [0.2, 0.25) is 0 Å².